The molecule has 1 aromatic heterocycles. The number of benzene rings is 2. The van der Waals surface area contributed by atoms with Gasteiger partial charge in [0, 0.05) is 24.8 Å². The van der Waals surface area contributed by atoms with Crippen LogP contribution in [0.2, 0.25) is 0 Å². The molecule has 104 valence electrons. The molecule has 0 aliphatic heterocycles. The molecule has 0 fully saturated rings. The lowest BCUT2D eigenvalue weighted by molar-refractivity contribution is 0.830. The lowest BCUT2D eigenvalue weighted by Crippen LogP contribution is -2.01. The lowest BCUT2D eigenvalue weighted by Gasteiger charge is -2.09. The minimum Gasteiger partial charge on any atom is -0.343 e. The Morgan fingerprint density at radius 2 is 2.00 bits per heavy atom. The molecule has 0 aliphatic carbocycles. The normalized spacial score (nSPS) is 10.7. The molecule has 0 atom stereocenters. The maximum absolute atomic E-state index is 8.93. The minimum atomic E-state index is 0.565. The van der Waals surface area contributed by atoms with Crippen molar-refractivity contribution < 1.29 is 0 Å². The first-order valence-electron chi connectivity index (χ1n) is 6.99. The van der Waals surface area contributed by atoms with Gasteiger partial charge in [0.25, 0.3) is 0 Å². The molecule has 3 aromatic rings. The second-order valence-corrected chi connectivity index (χ2v) is 5.29. The Morgan fingerprint density at radius 3 is 2.71 bits per heavy atom. The third-order valence-corrected chi connectivity index (χ3v) is 3.88. The van der Waals surface area contributed by atoms with Gasteiger partial charge >= 0.3 is 0 Å². The quantitative estimate of drug-likeness (QED) is 0.797. The second kappa shape index (κ2) is 5.43. The van der Waals surface area contributed by atoms with Crippen LogP contribution in [0.3, 0.4) is 0 Å². The maximum Gasteiger partial charge on any atom is 0.0991 e. The number of fused-ring (bicyclic) bond motifs is 1. The summed E-state index contributed by atoms with van der Waals surface area (Å²) in [5, 5.41) is 10.1. The van der Waals surface area contributed by atoms with Crippen LogP contribution in [0, 0.1) is 18.3 Å². The maximum atomic E-state index is 8.93. The average molecular weight is 275 g/mol. The summed E-state index contributed by atoms with van der Waals surface area (Å²) in [7, 11) is 0. The molecule has 0 bridgehead atoms. The summed E-state index contributed by atoms with van der Waals surface area (Å²) >= 11 is 0. The van der Waals surface area contributed by atoms with Gasteiger partial charge in [0.15, 0.2) is 0 Å². The van der Waals surface area contributed by atoms with Crippen molar-refractivity contribution in [2.24, 2.45) is 5.73 Å². The molecule has 0 saturated heterocycles. The third-order valence-electron chi connectivity index (χ3n) is 3.88. The molecular formula is C18H17N3. The standard InChI is InChI=1S/C18H17N3/c1-13-8-14(10-19)2-4-17(13)12-21-7-6-16-9-15(11-20)3-5-18(16)21/h2-9H,11-12,20H2,1H3. The summed E-state index contributed by atoms with van der Waals surface area (Å²) in [6.45, 7) is 3.42. The first-order chi connectivity index (χ1) is 10.2. The number of nitriles is 1. The molecule has 0 unspecified atom stereocenters. The lowest BCUT2D eigenvalue weighted by atomic mass is 10.1. The van der Waals surface area contributed by atoms with Crippen molar-refractivity contribution in [3.8, 4) is 6.07 Å². The predicted octanol–water partition coefficient (Wildman–Crippen LogP) is 3.33. The van der Waals surface area contributed by atoms with Crippen molar-refractivity contribution in [1.82, 2.24) is 4.57 Å². The van der Waals surface area contributed by atoms with E-state index in [4.69, 9.17) is 11.0 Å². The summed E-state index contributed by atoms with van der Waals surface area (Å²) in [6.07, 6.45) is 2.10. The van der Waals surface area contributed by atoms with Crippen molar-refractivity contribution in [2.45, 2.75) is 20.0 Å². The van der Waals surface area contributed by atoms with Crippen molar-refractivity contribution >= 4 is 10.9 Å². The Morgan fingerprint density at radius 1 is 1.14 bits per heavy atom. The van der Waals surface area contributed by atoms with Gasteiger partial charge in [0.05, 0.1) is 11.6 Å². The van der Waals surface area contributed by atoms with Crippen molar-refractivity contribution in [3.05, 3.63) is 70.9 Å². The summed E-state index contributed by atoms with van der Waals surface area (Å²) < 4.78 is 2.23. The van der Waals surface area contributed by atoms with Crippen LogP contribution in [0.1, 0.15) is 22.3 Å². The summed E-state index contributed by atoms with van der Waals surface area (Å²) in [5.41, 5.74) is 11.1. The molecule has 0 saturated carbocycles. The van der Waals surface area contributed by atoms with Crippen LogP contribution in [-0.4, -0.2) is 4.57 Å². The number of aromatic nitrogens is 1. The van der Waals surface area contributed by atoms with E-state index in [1.54, 1.807) is 0 Å². The third kappa shape index (κ3) is 2.54. The smallest absolute Gasteiger partial charge is 0.0991 e. The molecule has 1 heterocycles. The van der Waals surface area contributed by atoms with Gasteiger partial charge in [0.1, 0.15) is 0 Å². The number of rotatable bonds is 3. The number of hydrogen-bond acceptors (Lipinski definition) is 2. The molecule has 3 nitrogen and oxygen atoms in total. The zero-order valence-electron chi connectivity index (χ0n) is 12.0. The zero-order valence-corrected chi connectivity index (χ0v) is 12.0. The van der Waals surface area contributed by atoms with Gasteiger partial charge in [-0.2, -0.15) is 5.26 Å². The monoisotopic (exact) mass is 275 g/mol. The molecule has 3 rings (SSSR count). The van der Waals surface area contributed by atoms with Crippen LogP contribution < -0.4 is 5.73 Å². The van der Waals surface area contributed by atoms with Crippen molar-refractivity contribution in [1.29, 1.82) is 5.26 Å². The molecule has 3 heteroatoms. The molecule has 0 spiro atoms. The molecule has 21 heavy (non-hydrogen) atoms. The highest BCUT2D eigenvalue weighted by Crippen LogP contribution is 2.20. The average Bonchev–Trinajstić information content (AvgIpc) is 2.91. The number of nitrogens with zero attached hydrogens (tertiary/aromatic N) is 2. The molecule has 0 aliphatic rings. The van der Waals surface area contributed by atoms with E-state index in [1.807, 2.05) is 25.1 Å². The summed E-state index contributed by atoms with van der Waals surface area (Å²) in [6, 6.07) is 16.5. The molecule has 0 amide bonds. The van der Waals surface area contributed by atoms with Crippen molar-refractivity contribution in [2.75, 3.05) is 0 Å². The summed E-state index contributed by atoms with van der Waals surface area (Å²) in [4.78, 5) is 0. The number of nitrogens with two attached hydrogens (primary N) is 1. The first-order valence-corrected chi connectivity index (χ1v) is 6.99. The van der Waals surface area contributed by atoms with E-state index in [1.165, 1.54) is 16.5 Å². The topological polar surface area (TPSA) is 54.7 Å². The number of hydrogen-bond donors (Lipinski definition) is 1. The van der Waals surface area contributed by atoms with Crippen molar-refractivity contribution in [3.63, 3.8) is 0 Å². The fraction of sp³-hybridized carbons (Fsp3) is 0.167. The van der Waals surface area contributed by atoms with Crippen LogP contribution in [0.15, 0.2) is 48.7 Å². The Balaban J connectivity index is 1.97. The van der Waals surface area contributed by atoms with Crippen LogP contribution in [0.25, 0.3) is 10.9 Å². The Labute approximate surface area is 124 Å². The van der Waals surface area contributed by atoms with Gasteiger partial charge in [-0.3, -0.25) is 0 Å². The Hall–Kier alpha value is -2.57. The molecule has 2 aromatic carbocycles. The van der Waals surface area contributed by atoms with Gasteiger partial charge in [-0.15, -0.1) is 0 Å². The molecule has 0 radical (unpaired) electrons. The number of aryl methyl sites for hydroxylation is 1. The van der Waals surface area contributed by atoms with E-state index in [9.17, 15) is 0 Å². The van der Waals surface area contributed by atoms with Crippen LogP contribution in [0.5, 0.6) is 0 Å². The van der Waals surface area contributed by atoms with E-state index in [2.05, 4.69) is 41.1 Å². The van der Waals surface area contributed by atoms with E-state index < -0.39 is 0 Å². The minimum absolute atomic E-state index is 0.565. The largest absolute Gasteiger partial charge is 0.343 e. The van der Waals surface area contributed by atoms with Crippen LogP contribution in [0.4, 0.5) is 0 Å². The highest BCUT2D eigenvalue weighted by molar-refractivity contribution is 5.81. The van der Waals surface area contributed by atoms with E-state index >= 15 is 0 Å². The van der Waals surface area contributed by atoms with Crippen LogP contribution in [-0.2, 0) is 13.1 Å². The molecule has 2 N–H and O–H groups in total. The van der Waals surface area contributed by atoms with Gasteiger partial charge in [-0.1, -0.05) is 12.1 Å². The van der Waals surface area contributed by atoms with Gasteiger partial charge in [-0.05, 0) is 59.3 Å². The highest BCUT2D eigenvalue weighted by atomic mass is 14.9. The van der Waals surface area contributed by atoms with E-state index in [0.29, 0.717) is 12.1 Å². The van der Waals surface area contributed by atoms with Gasteiger partial charge < -0.3 is 10.3 Å². The fourth-order valence-corrected chi connectivity index (χ4v) is 2.64. The Kier molecular flexibility index (Phi) is 3.47. The molecular weight excluding hydrogens is 258 g/mol. The SMILES string of the molecule is Cc1cc(C#N)ccc1Cn1ccc2cc(CN)ccc21. The predicted molar refractivity (Wildman–Crippen MR) is 84.8 cm³/mol. The van der Waals surface area contributed by atoms with Gasteiger partial charge in [-0.25, -0.2) is 0 Å². The highest BCUT2D eigenvalue weighted by Gasteiger charge is 2.05. The zero-order chi connectivity index (χ0) is 14.8. The Bertz CT molecular complexity index is 837. The first kappa shape index (κ1) is 13.4. The second-order valence-electron chi connectivity index (χ2n) is 5.29. The van der Waals surface area contributed by atoms with Gasteiger partial charge in [0.2, 0.25) is 0 Å². The fourth-order valence-electron chi connectivity index (χ4n) is 2.64. The van der Waals surface area contributed by atoms with E-state index in [0.717, 1.165) is 17.7 Å². The summed E-state index contributed by atoms with van der Waals surface area (Å²) in [5.74, 6) is 0. The van der Waals surface area contributed by atoms with Crippen LogP contribution >= 0.6 is 0 Å². The van der Waals surface area contributed by atoms with E-state index in [-0.39, 0.29) is 0 Å².